The van der Waals surface area contributed by atoms with E-state index in [1.807, 2.05) is 38.1 Å². The van der Waals surface area contributed by atoms with Crippen LogP contribution in [-0.4, -0.2) is 31.3 Å². The molecule has 9 heteroatoms. The van der Waals surface area contributed by atoms with Crippen molar-refractivity contribution >= 4 is 16.7 Å². The van der Waals surface area contributed by atoms with E-state index in [0.29, 0.717) is 52.5 Å². The van der Waals surface area contributed by atoms with Gasteiger partial charge < -0.3 is 9.72 Å². The van der Waals surface area contributed by atoms with E-state index in [1.54, 1.807) is 18.2 Å². The number of ether oxygens (including phenoxy) is 1. The van der Waals surface area contributed by atoms with Crippen LogP contribution in [0, 0.1) is 10.1 Å². The molecule has 0 atom stereocenters. The Kier molecular flexibility index (Phi) is 5.98. The summed E-state index contributed by atoms with van der Waals surface area (Å²) in [5, 5.41) is 16.0. The molecule has 1 N–H and O–H groups in total. The Balaban J connectivity index is 1.88. The molecule has 0 amide bonds. The lowest BCUT2D eigenvalue weighted by Gasteiger charge is -2.09. The Morgan fingerprint density at radius 1 is 1.12 bits per heavy atom. The highest BCUT2D eigenvalue weighted by molar-refractivity contribution is 5.80. The van der Waals surface area contributed by atoms with Crippen molar-refractivity contribution < 1.29 is 9.66 Å². The van der Waals surface area contributed by atoms with E-state index in [0.717, 1.165) is 6.42 Å². The fraction of sp³-hybridized carbons (Fsp3) is 0.261. The molecule has 0 saturated carbocycles. The van der Waals surface area contributed by atoms with Crippen molar-refractivity contribution in [3.63, 3.8) is 0 Å². The van der Waals surface area contributed by atoms with Crippen molar-refractivity contribution in [1.29, 1.82) is 0 Å². The first-order chi connectivity index (χ1) is 15.5. The minimum absolute atomic E-state index is 0.0140. The molecule has 32 heavy (non-hydrogen) atoms. The van der Waals surface area contributed by atoms with E-state index in [4.69, 9.17) is 9.72 Å². The van der Waals surface area contributed by atoms with Gasteiger partial charge in [0.05, 0.1) is 34.9 Å². The second-order valence-electron chi connectivity index (χ2n) is 7.28. The Labute approximate surface area is 183 Å². The average Bonchev–Trinajstić information content (AvgIpc) is 3.12. The van der Waals surface area contributed by atoms with Crippen molar-refractivity contribution in [1.82, 2.24) is 19.7 Å². The third-order valence-corrected chi connectivity index (χ3v) is 5.11. The fourth-order valence-electron chi connectivity index (χ4n) is 3.73. The smallest absolute Gasteiger partial charge is 0.277 e. The number of H-pyrrole nitrogens is 1. The van der Waals surface area contributed by atoms with Crippen molar-refractivity contribution in [3.8, 4) is 17.1 Å². The quantitative estimate of drug-likeness (QED) is 0.330. The number of fused-ring (bicyclic) bond motifs is 1. The summed E-state index contributed by atoms with van der Waals surface area (Å²) >= 11 is 0. The number of aromatic nitrogens is 4. The molecule has 2 heterocycles. The Morgan fingerprint density at radius 3 is 2.62 bits per heavy atom. The van der Waals surface area contributed by atoms with Crippen LogP contribution in [-0.2, 0) is 13.0 Å². The standard InChI is InChI=1S/C23H23N5O4/c1-3-9-17-20-21(27(26-17)14-15-10-5-7-12-18(15)28(30)31)23(29)25-22(24-20)16-11-6-8-13-19(16)32-4-2/h5-8,10-13H,3-4,9,14H2,1-2H3,(H,24,25,29). The van der Waals surface area contributed by atoms with Gasteiger partial charge in [-0.3, -0.25) is 19.6 Å². The van der Waals surface area contributed by atoms with Crippen LogP contribution in [0.3, 0.4) is 0 Å². The molecule has 2 aromatic carbocycles. The third kappa shape index (κ3) is 3.96. The Hall–Kier alpha value is -4.01. The second kappa shape index (κ2) is 9.01. The first kappa shape index (κ1) is 21.2. The molecule has 0 aliphatic heterocycles. The molecule has 0 saturated heterocycles. The zero-order valence-electron chi connectivity index (χ0n) is 17.9. The third-order valence-electron chi connectivity index (χ3n) is 5.11. The molecule has 4 rings (SSSR count). The Bertz CT molecular complexity index is 1340. The number of nitrogens with one attached hydrogen (secondary N) is 1. The summed E-state index contributed by atoms with van der Waals surface area (Å²) in [5.74, 6) is 1.02. The summed E-state index contributed by atoms with van der Waals surface area (Å²) in [5.41, 5.74) is 2.25. The van der Waals surface area contributed by atoms with Gasteiger partial charge in [-0.05, 0) is 25.5 Å². The van der Waals surface area contributed by atoms with Gasteiger partial charge in [-0.2, -0.15) is 5.10 Å². The molecule has 0 fully saturated rings. The van der Waals surface area contributed by atoms with E-state index < -0.39 is 4.92 Å². The molecule has 0 aliphatic rings. The van der Waals surface area contributed by atoms with Gasteiger partial charge in [0, 0.05) is 6.07 Å². The monoisotopic (exact) mass is 433 g/mol. The van der Waals surface area contributed by atoms with Gasteiger partial charge in [0.2, 0.25) is 0 Å². The summed E-state index contributed by atoms with van der Waals surface area (Å²) in [4.78, 5) is 31.7. The van der Waals surface area contributed by atoms with Gasteiger partial charge >= 0.3 is 0 Å². The SMILES string of the molecule is CCCc1nn(Cc2ccccc2[N+](=O)[O-])c2c(=O)[nH]c(-c3ccccc3OCC)nc12. The number of nitro groups is 1. The number of nitrogens with zero attached hydrogens (tertiary/aromatic N) is 4. The van der Waals surface area contributed by atoms with Crippen LogP contribution in [0.15, 0.2) is 53.3 Å². The number of rotatable bonds is 8. The number of nitro benzene ring substituents is 1. The molecule has 164 valence electrons. The fourth-order valence-corrected chi connectivity index (χ4v) is 3.73. The van der Waals surface area contributed by atoms with Crippen LogP contribution in [0.4, 0.5) is 5.69 Å². The maximum Gasteiger partial charge on any atom is 0.277 e. The molecule has 9 nitrogen and oxygen atoms in total. The van der Waals surface area contributed by atoms with Gasteiger partial charge in [-0.1, -0.05) is 43.7 Å². The zero-order chi connectivity index (χ0) is 22.7. The van der Waals surface area contributed by atoms with Crippen molar-refractivity contribution in [2.75, 3.05) is 6.61 Å². The number of aryl methyl sites for hydroxylation is 1. The molecule has 0 aliphatic carbocycles. The van der Waals surface area contributed by atoms with Crippen LogP contribution in [0.25, 0.3) is 22.4 Å². The number of aromatic amines is 1. The van der Waals surface area contributed by atoms with E-state index in [1.165, 1.54) is 10.7 Å². The van der Waals surface area contributed by atoms with Crippen molar-refractivity contribution in [2.45, 2.75) is 33.2 Å². The van der Waals surface area contributed by atoms with Gasteiger partial charge in [0.15, 0.2) is 5.52 Å². The van der Waals surface area contributed by atoms with Crippen LogP contribution in [0.5, 0.6) is 5.75 Å². The van der Waals surface area contributed by atoms with E-state index in [9.17, 15) is 14.9 Å². The highest BCUT2D eigenvalue weighted by Crippen LogP contribution is 2.28. The lowest BCUT2D eigenvalue weighted by molar-refractivity contribution is -0.385. The van der Waals surface area contributed by atoms with E-state index in [-0.39, 0.29) is 17.8 Å². The summed E-state index contributed by atoms with van der Waals surface area (Å²) in [6.45, 7) is 4.49. The van der Waals surface area contributed by atoms with Crippen LogP contribution >= 0.6 is 0 Å². The molecule has 2 aromatic heterocycles. The van der Waals surface area contributed by atoms with Crippen molar-refractivity contribution in [2.24, 2.45) is 0 Å². The van der Waals surface area contributed by atoms with Gasteiger partial charge in [-0.25, -0.2) is 4.98 Å². The van der Waals surface area contributed by atoms with E-state index in [2.05, 4.69) is 10.1 Å². The lowest BCUT2D eigenvalue weighted by atomic mass is 10.1. The highest BCUT2D eigenvalue weighted by Gasteiger charge is 2.21. The predicted molar refractivity (Wildman–Crippen MR) is 121 cm³/mol. The molecular weight excluding hydrogens is 410 g/mol. The van der Waals surface area contributed by atoms with Gasteiger partial charge in [0.1, 0.15) is 17.1 Å². The van der Waals surface area contributed by atoms with Gasteiger partial charge in [-0.15, -0.1) is 0 Å². The molecule has 0 spiro atoms. The van der Waals surface area contributed by atoms with Crippen LogP contribution < -0.4 is 10.3 Å². The maximum absolute atomic E-state index is 13.2. The molecule has 0 bridgehead atoms. The van der Waals surface area contributed by atoms with Crippen LogP contribution in [0.1, 0.15) is 31.5 Å². The van der Waals surface area contributed by atoms with Crippen LogP contribution in [0.2, 0.25) is 0 Å². The summed E-state index contributed by atoms with van der Waals surface area (Å²) in [7, 11) is 0. The molecule has 4 aromatic rings. The molecular formula is C23H23N5O4. The molecule has 0 unspecified atom stereocenters. The largest absolute Gasteiger partial charge is 0.493 e. The first-order valence-corrected chi connectivity index (χ1v) is 10.5. The number of benzene rings is 2. The average molecular weight is 433 g/mol. The predicted octanol–water partition coefficient (Wildman–Crippen LogP) is 4.09. The summed E-state index contributed by atoms with van der Waals surface area (Å²) < 4.78 is 7.20. The second-order valence-corrected chi connectivity index (χ2v) is 7.28. The first-order valence-electron chi connectivity index (χ1n) is 10.5. The summed E-state index contributed by atoms with van der Waals surface area (Å²) in [6.07, 6.45) is 1.44. The van der Waals surface area contributed by atoms with Gasteiger partial charge in [0.25, 0.3) is 11.2 Å². The Morgan fingerprint density at radius 2 is 1.88 bits per heavy atom. The highest BCUT2D eigenvalue weighted by atomic mass is 16.6. The number of hydrogen-bond acceptors (Lipinski definition) is 6. The lowest BCUT2D eigenvalue weighted by Crippen LogP contribution is -2.15. The minimum Gasteiger partial charge on any atom is -0.493 e. The zero-order valence-corrected chi connectivity index (χ0v) is 17.9. The topological polar surface area (TPSA) is 116 Å². The normalized spacial score (nSPS) is 11.1. The number of para-hydroxylation sites is 2. The number of hydrogen-bond donors (Lipinski definition) is 1. The molecule has 0 radical (unpaired) electrons. The van der Waals surface area contributed by atoms with Crippen molar-refractivity contribution in [3.05, 3.63) is 80.3 Å². The minimum atomic E-state index is -0.431. The van der Waals surface area contributed by atoms with E-state index >= 15 is 0 Å². The maximum atomic E-state index is 13.2. The summed E-state index contributed by atoms with van der Waals surface area (Å²) in [6, 6.07) is 13.8.